The van der Waals surface area contributed by atoms with Gasteiger partial charge in [0, 0.05) is 95.2 Å². The Morgan fingerprint density at radius 3 is 2.24 bits per heavy atom. The van der Waals surface area contributed by atoms with Gasteiger partial charge in [-0.1, -0.05) is 68.7 Å². The van der Waals surface area contributed by atoms with Crippen molar-refractivity contribution in [3.63, 3.8) is 0 Å². The molecule has 2 aromatic carbocycles. The number of benzene rings is 2. The second kappa shape index (κ2) is 28.6. The molecule has 5 aliphatic rings. The number of anilines is 1. The minimum absolute atomic E-state index is 0.0346. The van der Waals surface area contributed by atoms with Gasteiger partial charge in [0.25, 0.3) is 0 Å². The predicted octanol–water partition coefficient (Wildman–Crippen LogP) is 8.31. The van der Waals surface area contributed by atoms with Gasteiger partial charge in [-0.05, 0) is 180 Å². The Morgan fingerprint density at radius 2 is 1.57 bits per heavy atom. The number of phenols is 1. The maximum Gasteiger partial charge on any atom is 0.243 e. The van der Waals surface area contributed by atoms with Crippen molar-refractivity contribution in [2.75, 3.05) is 83.4 Å². The highest BCUT2D eigenvalue weighted by Gasteiger charge is 2.47. The molecular weight excluding hydrogens is 1080 g/mol. The molecule has 1 saturated carbocycles. The lowest BCUT2D eigenvalue weighted by Crippen LogP contribution is -2.52. The molecule has 10 rings (SSSR count). The summed E-state index contributed by atoms with van der Waals surface area (Å²) in [5, 5.41) is 26.1. The summed E-state index contributed by atoms with van der Waals surface area (Å²) in [6.45, 7) is 20.5. The highest BCUT2D eigenvalue weighted by atomic mass is 16.5. The van der Waals surface area contributed by atoms with E-state index in [2.05, 4.69) is 64.5 Å². The fraction of sp³-hybridized carbons (Fsp3) is 0.567. The van der Waals surface area contributed by atoms with Crippen molar-refractivity contribution >= 4 is 23.3 Å². The van der Waals surface area contributed by atoms with Crippen molar-refractivity contribution in [3.8, 4) is 22.9 Å². The lowest BCUT2D eigenvalue weighted by Gasteiger charge is -2.52. The van der Waals surface area contributed by atoms with E-state index in [-0.39, 0.29) is 41.4 Å². The average molecular weight is 1180 g/mol. The quantitative estimate of drug-likeness (QED) is 0.0238. The van der Waals surface area contributed by atoms with Crippen LogP contribution in [-0.2, 0) is 23.2 Å². The molecule has 3 atom stereocenters. The summed E-state index contributed by atoms with van der Waals surface area (Å²) in [5.74, 6) is 2.91. The molecule has 1 spiro atoms. The average Bonchev–Trinajstić information content (AvgIpc) is 2.87. The first-order valence-electron chi connectivity index (χ1n) is 32.1. The van der Waals surface area contributed by atoms with E-state index in [0.29, 0.717) is 66.0 Å². The third kappa shape index (κ3) is 15.4. The summed E-state index contributed by atoms with van der Waals surface area (Å²) in [7, 11) is 1.92. The normalized spacial score (nSPS) is 19.8. The van der Waals surface area contributed by atoms with Crippen LogP contribution in [0.4, 0.5) is 5.82 Å². The van der Waals surface area contributed by atoms with Gasteiger partial charge in [-0.25, -0.2) is 4.98 Å². The van der Waals surface area contributed by atoms with E-state index in [9.17, 15) is 14.7 Å². The van der Waals surface area contributed by atoms with Crippen LogP contribution < -0.4 is 37.5 Å². The number of hydrogen-bond acceptors (Lipinski definition) is 16. The number of nitrogens with two attached hydrogens (primary N) is 3. The minimum atomic E-state index is -0.528. The number of pyridine rings is 1. The number of phenolic OH excluding ortho intramolecular Hbond substituents is 1. The van der Waals surface area contributed by atoms with E-state index in [1.807, 2.05) is 81.2 Å². The lowest BCUT2D eigenvalue weighted by atomic mass is 9.61. The van der Waals surface area contributed by atoms with Gasteiger partial charge in [-0.2, -0.15) is 5.10 Å². The van der Waals surface area contributed by atoms with Crippen molar-refractivity contribution in [3.05, 3.63) is 125 Å². The predicted molar refractivity (Wildman–Crippen MR) is 338 cm³/mol. The largest absolute Gasteiger partial charge is 0.507 e. The number of aryl methyl sites for hydroxylation is 1. The fourth-order valence-electron chi connectivity index (χ4n) is 14.0. The molecule has 9 N–H and O–H groups in total. The summed E-state index contributed by atoms with van der Waals surface area (Å²) >= 11 is 0. The van der Waals surface area contributed by atoms with Crippen molar-refractivity contribution in [1.82, 2.24) is 50.2 Å². The third-order valence-electron chi connectivity index (χ3n) is 19.3. The van der Waals surface area contributed by atoms with Crippen molar-refractivity contribution in [1.29, 1.82) is 0 Å². The third-order valence-corrected chi connectivity index (χ3v) is 19.3. The number of aromatic hydroxyl groups is 1. The Balaban J connectivity index is 0.628. The van der Waals surface area contributed by atoms with E-state index in [1.165, 1.54) is 45.3 Å². The first-order valence-corrected chi connectivity index (χ1v) is 32.1. The number of para-hydroxylation sites is 1. The van der Waals surface area contributed by atoms with Crippen molar-refractivity contribution in [2.45, 2.75) is 135 Å². The van der Waals surface area contributed by atoms with Crippen LogP contribution >= 0.6 is 0 Å². The molecule has 19 heteroatoms. The van der Waals surface area contributed by atoms with E-state index in [0.717, 1.165) is 125 Å². The number of hydrogen-bond donors (Lipinski definition) is 6. The smallest absolute Gasteiger partial charge is 0.243 e. The van der Waals surface area contributed by atoms with Gasteiger partial charge in [0.1, 0.15) is 29.6 Å². The number of carbonyl (C=O) groups is 2. The van der Waals surface area contributed by atoms with Crippen LogP contribution in [0.2, 0.25) is 0 Å². The number of carbonyl (C=O) groups excluding carboxylic acids is 2. The Morgan fingerprint density at radius 1 is 0.860 bits per heavy atom. The van der Waals surface area contributed by atoms with Crippen molar-refractivity contribution in [2.24, 2.45) is 47.4 Å². The second-order valence-corrected chi connectivity index (χ2v) is 25.8. The number of unbranched alkanes of at least 4 members (excludes halogenated alkanes) is 1. The molecule has 0 radical (unpaired) electrons. The topological polar surface area (TPSA) is 239 Å². The number of nitrogens with zero attached hydrogens (tertiary/aromatic N) is 9. The Hall–Kier alpha value is -7.09. The molecule has 86 heavy (non-hydrogen) atoms. The zero-order valence-corrected chi connectivity index (χ0v) is 51.7. The lowest BCUT2D eigenvalue weighted by molar-refractivity contribution is -0.141. The monoisotopic (exact) mass is 1180 g/mol. The number of piperidine rings is 3. The summed E-state index contributed by atoms with van der Waals surface area (Å²) in [5.41, 5.74) is 25.2. The zero-order valence-electron chi connectivity index (χ0n) is 51.7. The number of ether oxygens (including phenoxy) is 1. The number of rotatable bonds is 25. The molecule has 7 heterocycles. The van der Waals surface area contributed by atoms with Crippen LogP contribution in [0, 0.1) is 23.2 Å². The molecule has 1 aliphatic carbocycles. The molecule has 4 saturated heterocycles. The number of allylic oxidation sites excluding steroid dienone is 1. The summed E-state index contributed by atoms with van der Waals surface area (Å²) < 4.78 is 14.4. The molecule has 0 bridgehead atoms. The van der Waals surface area contributed by atoms with E-state index < -0.39 is 12.0 Å². The number of aromatic nitrogens is 4. The van der Waals surface area contributed by atoms with Crippen LogP contribution in [0.1, 0.15) is 139 Å². The van der Waals surface area contributed by atoms with Crippen LogP contribution in [-0.4, -0.2) is 147 Å². The van der Waals surface area contributed by atoms with Gasteiger partial charge in [0.2, 0.25) is 17.7 Å². The van der Waals surface area contributed by atoms with E-state index >= 15 is 0 Å². The molecular formula is C67H96N14O5. The van der Waals surface area contributed by atoms with Crippen molar-refractivity contribution < 1.29 is 24.0 Å². The second-order valence-electron chi connectivity index (χ2n) is 25.8. The van der Waals surface area contributed by atoms with Gasteiger partial charge < -0.3 is 66.7 Å². The van der Waals surface area contributed by atoms with E-state index in [1.54, 1.807) is 35.4 Å². The Kier molecular flexibility index (Phi) is 20.6. The van der Waals surface area contributed by atoms with Crippen LogP contribution in [0.5, 0.6) is 11.6 Å². The summed E-state index contributed by atoms with van der Waals surface area (Å²) in [6.07, 6.45) is 18.5. The highest BCUT2D eigenvalue weighted by Crippen LogP contribution is 2.50. The highest BCUT2D eigenvalue weighted by molar-refractivity contribution is 5.91. The zero-order chi connectivity index (χ0) is 60.3. The number of nitrogens with one attached hydrogen (secondary N) is 2. The van der Waals surface area contributed by atoms with Crippen LogP contribution in [0.25, 0.3) is 17.0 Å². The standard InChI is InChI=1S/C67H96N14O5/c1-6-7-26-71-29-37-80(58(64(69)70)39-55(68)54-11-8-9-13-59(54)82)45-50-18-27-72-62(38-50)85-53-41-67(42-53)24-35-78(36-25-67)44-48-20-31-77(32-21-48)43-49-22-33-79(34-23-49)61-40-60(86-75-61)63(46(2)3)66(84)81-30-10-12-57(81)65(83)74-47(4)51-14-16-52(17-15-51)56-19-28-73-76(56)5/h8-9,11,13-19,27-28,38-40,46-49,53,57,63,71,82H,6-7,10,12,20-26,29-37,41-45,68-70H2,1-5H3,(H,74,83)/b55-39-. The molecule has 464 valence electrons. The van der Waals surface area contributed by atoms with Gasteiger partial charge in [-0.15, -0.1) is 0 Å². The SMILES string of the molecule is CCCCNCCN(Cc1ccnc(OC2CC3(CCN(CC4CCN(CC5CCN(c6cc(C(C(=O)N7CCCC7C(=O)NC(C)c7ccc(-c8ccnn8C)cc7)C(C)C)on6)CC5)CC4)CC3)C2)c1)C(/C=C(\N)c1ccccc1O)=C(N)N. The van der Waals surface area contributed by atoms with Gasteiger partial charge >= 0.3 is 0 Å². The molecule has 4 aliphatic heterocycles. The van der Waals surface area contributed by atoms with Gasteiger partial charge in [-0.3, -0.25) is 14.3 Å². The molecule has 5 aromatic rings. The van der Waals surface area contributed by atoms with E-state index in [4.69, 9.17) is 26.5 Å². The Bertz CT molecular complexity index is 3070. The van der Waals surface area contributed by atoms with Gasteiger partial charge in [0.05, 0.1) is 17.4 Å². The fourth-order valence-corrected chi connectivity index (χ4v) is 14.0. The molecule has 3 unspecified atom stereocenters. The Labute approximate surface area is 509 Å². The number of likely N-dealkylation sites (tertiary alicyclic amines) is 3. The minimum Gasteiger partial charge on any atom is -0.507 e. The number of amides is 2. The first kappa shape index (κ1) is 62.0. The summed E-state index contributed by atoms with van der Waals surface area (Å²) in [4.78, 5) is 44.5. The molecule has 5 fully saturated rings. The molecule has 3 aromatic heterocycles. The molecule has 2 amide bonds. The van der Waals surface area contributed by atoms with Gasteiger partial charge in [0.15, 0.2) is 11.6 Å². The maximum absolute atomic E-state index is 14.4. The molecule has 19 nitrogen and oxygen atoms in total. The maximum atomic E-state index is 14.4. The first-order chi connectivity index (χ1) is 41.6. The van der Waals surface area contributed by atoms with Crippen LogP contribution in [0.15, 0.2) is 107 Å². The summed E-state index contributed by atoms with van der Waals surface area (Å²) in [6, 6.07) is 22.4. The van der Waals surface area contributed by atoms with Crippen LogP contribution in [0.3, 0.4) is 0 Å².